The predicted molar refractivity (Wildman–Crippen MR) is 74.0 cm³/mol. The fourth-order valence-corrected chi connectivity index (χ4v) is 3.14. The molecule has 2 aromatic rings. The van der Waals surface area contributed by atoms with Gasteiger partial charge < -0.3 is 9.73 Å². The zero-order valence-corrected chi connectivity index (χ0v) is 12.0. The monoisotopic (exact) mass is 325 g/mol. The van der Waals surface area contributed by atoms with Gasteiger partial charge in [0.2, 0.25) is 0 Å². The number of hydrogen-bond donors (Lipinski definition) is 1. The Bertz CT molecular complexity index is 557. The highest BCUT2D eigenvalue weighted by Crippen LogP contribution is 2.48. The molecule has 0 aliphatic heterocycles. The molecule has 0 atom stereocenters. The standard InChI is InChI=1S/C13H12BrNO2S/c14-11-2-1-10(17-11)12(16)15-8-13(4-5-13)9-3-6-18-7-9/h1-3,6-7H,4-5,8H2,(H,15,16). The summed E-state index contributed by atoms with van der Waals surface area (Å²) < 4.78 is 5.80. The topological polar surface area (TPSA) is 42.2 Å². The minimum atomic E-state index is -0.151. The number of carbonyl (C=O) groups excluding carboxylic acids is 1. The van der Waals surface area contributed by atoms with E-state index in [1.54, 1.807) is 23.5 Å². The van der Waals surface area contributed by atoms with E-state index in [9.17, 15) is 4.79 Å². The van der Waals surface area contributed by atoms with Crippen LogP contribution < -0.4 is 5.32 Å². The first-order valence-corrected chi connectivity index (χ1v) is 7.49. The van der Waals surface area contributed by atoms with Gasteiger partial charge in [0.05, 0.1) is 0 Å². The lowest BCUT2D eigenvalue weighted by atomic mass is 9.99. The molecule has 3 rings (SSSR count). The van der Waals surface area contributed by atoms with E-state index in [2.05, 4.69) is 38.1 Å². The molecule has 2 heterocycles. The summed E-state index contributed by atoms with van der Waals surface area (Å²) in [5, 5.41) is 7.21. The highest BCUT2D eigenvalue weighted by atomic mass is 79.9. The molecule has 0 spiro atoms. The smallest absolute Gasteiger partial charge is 0.287 e. The maximum absolute atomic E-state index is 11.9. The maximum Gasteiger partial charge on any atom is 0.287 e. The molecule has 3 nitrogen and oxygen atoms in total. The van der Waals surface area contributed by atoms with Crippen molar-refractivity contribution in [1.29, 1.82) is 0 Å². The SMILES string of the molecule is O=C(NCC1(c2ccsc2)CC1)c1ccc(Br)o1. The van der Waals surface area contributed by atoms with Crippen LogP contribution >= 0.6 is 27.3 Å². The molecular formula is C13H12BrNO2S. The third kappa shape index (κ3) is 2.24. The summed E-state index contributed by atoms with van der Waals surface area (Å²) in [5.41, 5.74) is 1.51. The van der Waals surface area contributed by atoms with E-state index >= 15 is 0 Å². The summed E-state index contributed by atoms with van der Waals surface area (Å²) in [6, 6.07) is 5.54. The van der Waals surface area contributed by atoms with Crippen molar-refractivity contribution in [1.82, 2.24) is 5.32 Å². The average molecular weight is 326 g/mol. The number of hydrogen-bond acceptors (Lipinski definition) is 3. The van der Waals surface area contributed by atoms with Gasteiger partial charge in [-0.3, -0.25) is 4.79 Å². The molecule has 0 bridgehead atoms. The van der Waals surface area contributed by atoms with Gasteiger partial charge in [-0.1, -0.05) is 0 Å². The normalized spacial score (nSPS) is 16.5. The minimum Gasteiger partial charge on any atom is -0.444 e. The average Bonchev–Trinajstić information content (AvgIpc) is 2.82. The molecule has 0 unspecified atom stereocenters. The molecule has 0 saturated heterocycles. The van der Waals surface area contributed by atoms with Crippen molar-refractivity contribution in [3.8, 4) is 0 Å². The third-order valence-corrected chi connectivity index (χ3v) is 4.48. The van der Waals surface area contributed by atoms with E-state index in [1.807, 2.05) is 0 Å². The highest BCUT2D eigenvalue weighted by Gasteiger charge is 2.44. The highest BCUT2D eigenvalue weighted by molar-refractivity contribution is 9.10. The molecular weight excluding hydrogens is 314 g/mol. The summed E-state index contributed by atoms with van der Waals surface area (Å²) >= 11 is 4.89. The first-order chi connectivity index (χ1) is 8.70. The van der Waals surface area contributed by atoms with Crippen LogP contribution in [0.15, 0.2) is 38.0 Å². The van der Waals surface area contributed by atoms with Crippen LogP contribution in [-0.4, -0.2) is 12.5 Å². The summed E-state index contributed by atoms with van der Waals surface area (Å²) in [6.07, 6.45) is 2.29. The lowest BCUT2D eigenvalue weighted by molar-refractivity contribution is 0.0920. The second kappa shape index (κ2) is 4.55. The lowest BCUT2D eigenvalue weighted by Gasteiger charge is -2.14. The van der Waals surface area contributed by atoms with E-state index in [0.717, 1.165) is 12.8 Å². The van der Waals surface area contributed by atoms with Gasteiger partial charge in [-0.15, -0.1) is 0 Å². The van der Waals surface area contributed by atoms with E-state index in [4.69, 9.17) is 4.42 Å². The second-order valence-corrected chi connectivity index (χ2v) is 6.14. The summed E-state index contributed by atoms with van der Waals surface area (Å²) in [5.74, 6) is 0.199. The number of halogens is 1. The van der Waals surface area contributed by atoms with E-state index < -0.39 is 0 Å². The molecule has 1 amide bonds. The van der Waals surface area contributed by atoms with Crippen molar-refractivity contribution in [2.24, 2.45) is 0 Å². The van der Waals surface area contributed by atoms with Gasteiger partial charge in [-0.05, 0) is 63.3 Å². The fraction of sp³-hybridized carbons (Fsp3) is 0.308. The van der Waals surface area contributed by atoms with Crippen LogP contribution in [-0.2, 0) is 5.41 Å². The van der Waals surface area contributed by atoms with E-state index in [-0.39, 0.29) is 11.3 Å². The zero-order valence-electron chi connectivity index (χ0n) is 9.61. The summed E-state index contributed by atoms with van der Waals surface area (Å²) in [7, 11) is 0. The quantitative estimate of drug-likeness (QED) is 0.933. The van der Waals surface area contributed by atoms with Gasteiger partial charge in [-0.2, -0.15) is 11.3 Å². The minimum absolute atomic E-state index is 0.151. The van der Waals surface area contributed by atoms with Crippen molar-refractivity contribution in [3.63, 3.8) is 0 Å². The molecule has 1 aliphatic carbocycles. The number of thiophene rings is 1. The van der Waals surface area contributed by atoms with Crippen LogP contribution in [0, 0.1) is 0 Å². The number of nitrogens with one attached hydrogen (secondary N) is 1. The Hall–Kier alpha value is -1.07. The lowest BCUT2D eigenvalue weighted by Crippen LogP contribution is -2.31. The van der Waals surface area contributed by atoms with Crippen molar-refractivity contribution in [2.75, 3.05) is 6.54 Å². The number of amides is 1. The first kappa shape index (κ1) is 12.0. The Balaban J connectivity index is 1.64. The molecule has 1 fully saturated rings. The van der Waals surface area contributed by atoms with E-state index in [0.29, 0.717) is 17.0 Å². The van der Waals surface area contributed by atoms with Crippen LogP contribution in [0.25, 0.3) is 0 Å². The Morgan fingerprint density at radius 2 is 2.28 bits per heavy atom. The van der Waals surface area contributed by atoms with Crippen LogP contribution in [0.3, 0.4) is 0 Å². The number of furan rings is 1. The van der Waals surface area contributed by atoms with Crippen molar-refractivity contribution in [2.45, 2.75) is 18.3 Å². The largest absolute Gasteiger partial charge is 0.444 e. The maximum atomic E-state index is 11.9. The second-order valence-electron chi connectivity index (χ2n) is 4.58. The van der Waals surface area contributed by atoms with Gasteiger partial charge in [0.1, 0.15) is 0 Å². The molecule has 18 heavy (non-hydrogen) atoms. The Morgan fingerprint density at radius 3 is 2.83 bits per heavy atom. The van der Waals surface area contributed by atoms with Crippen LogP contribution in [0.2, 0.25) is 0 Å². The third-order valence-electron chi connectivity index (χ3n) is 3.37. The Morgan fingerprint density at radius 1 is 1.44 bits per heavy atom. The Kier molecular flexibility index (Phi) is 3.03. The molecule has 1 saturated carbocycles. The van der Waals surface area contributed by atoms with Gasteiger partial charge >= 0.3 is 0 Å². The van der Waals surface area contributed by atoms with Crippen molar-refractivity contribution < 1.29 is 9.21 Å². The van der Waals surface area contributed by atoms with Crippen LogP contribution in [0.1, 0.15) is 29.0 Å². The number of carbonyl (C=O) groups is 1. The molecule has 1 aliphatic rings. The van der Waals surface area contributed by atoms with Gasteiger partial charge in [0.25, 0.3) is 5.91 Å². The predicted octanol–water partition coefficient (Wildman–Crippen LogP) is 3.57. The summed E-state index contributed by atoms with van der Waals surface area (Å²) in [4.78, 5) is 11.9. The van der Waals surface area contributed by atoms with Crippen molar-refractivity contribution >= 4 is 33.2 Å². The zero-order chi connectivity index (χ0) is 12.6. The molecule has 0 radical (unpaired) electrons. The van der Waals surface area contributed by atoms with Gasteiger partial charge in [0.15, 0.2) is 10.4 Å². The van der Waals surface area contributed by atoms with Crippen molar-refractivity contribution in [3.05, 3.63) is 45.0 Å². The molecule has 5 heteroatoms. The van der Waals surface area contributed by atoms with E-state index in [1.165, 1.54) is 5.56 Å². The number of rotatable bonds is 4. The molecule has 0 aromatic carbocycles. The van der Waals surface area contributed by atoms with Crippen LogP contribution in [0.5, 0.6) is 0 Å². The molecule has 94 valence electrons. The molecule has 1 N–H and O–H groups in total. The summed E-state index contributed by atoms with van der Waals surface area (Å²) in [6.45, 7) is 0.681. The van der Waals surface area contributed by atoms with Crippen LogP contribution in [0.4, 0.5) is 0 Å². The fourth-order valence-electron chi connectivity index (χ4n) is 2.06. The first-order valence-electron chi connectivity index (χ1n) is 5.76. The molecule has 2 aromatic heterocycles. The van der Waals surface area contributed by atoms with Gasteiger partial charge in [0, 0.05) is 12.0 Å². The Labute approximate surface area is 117 Å². The van der Waals surface area contributed by atoms with Gasteiger partial charge in [-0.25, -0.2) is 0 Å².